The number of fused-ring (bicyclic) bond motifs is 9. The zero-order valence-corrected chi connectivity index (χ0v) is 22.4. The summed E-state index contributed by atoms with van der Waals surface area (Å²) in [7, 11) is -1.72. The number of hydrogen-bond acceptors (Lipinski definition) is 0. The Balaban J connectivity index is 1.63. The maximum Gasteiger partial charge on any atom is 0.0184 e. The van der Waals surface area contributed by atoms with Crippen LogP contribution in [0.5, 0.6) is 0 Å². The van der Waals surface area contributed by atoms with E-state index in [0.717, 1.165) is 0 Å². The van der Waals surface area contributed by atoms with Crippen LogP contribution in [-0.2, 0) is 5.41 Å². The van der Waals surface area contributed by atoms with Crippen LogP contribution in [0.2, 0.25) is 0 Å². The van der Waals surface area contributed by atoms with Crippen LogP contribution in [0, 0.1) is 0 Å². The van der Waals surface area contributed by atoms with Crippen molar-refractivity contribution in [3.63, 3.8) is 0 Å². The van der Waals surface area contributed by atoms with E-state index in [0.29, 0.717) is 0 Å². The van der Waals surface area contributed by atoms with Gasteiger partial charge in [-0.1, -0.05) is 117 Å². The Morgan fingerprint density at radius 3 is 1.71 bits per heavy atom. The fourth-order valence-corrected chi connectivity index (χ4v) is 11.6. The summed E-state index contributed by atoms with van der Waals surface area (Å²) in [5.74, 6) is 0. The van der Waals surface area contributed by atoms with Gasteiger partial charge in [-0.25, -0.2) is 0 Å². The van der Waals surface area contributed by atoms with Crippen LogP contribution in [0.15, 0.2) is 153 Å². The van der Waals surface area contributed by atoms with Gasteiger partial charge < -0.3 is 0 Å². The highest BCUT2D eigenvalue weighted by atomic mass is 32.3. The van der Waals surface area contributed by atoms with E-state index in [1.807, 2.05) is 0 Å². The Hall–Kier alpha value is -4.07. The Kier molecular flexibility index (Phi) is 4.46. The van der Waals surface area contributed by atoms with E-state index >= 15 is 0 Å². The molecule has 0 atom stereocenters. The summed E-state index contributed by atoms with van der Waals surface area (Å²) in [5, 5.41) is 2.78. The van der Waals surface area contributed by atoms with Crippen molar-refractivity contribution >= 4 is 20.8 Å². The van der Waals surface area contributed by atoms with Crippen molar-refractivity contribution in [2.75, 3.05) is 0 Å². The van der Waals surface area contributed by atoms with Crippen LogP contribution in [0.4, 0.5) is 0 Å². The highest BCUT2D eigenvalue weighted by Crippen LogP contribution is 2.81. The van der Waals surface area contributed by atoms with Crippen molar-refractivity contribution in [3.05, 3.63) is 145 Å². The quantitative estimate of drug-likeness (QED) is 0.220. The van der Waals surface area contributed by atoms with Crippen LogP contribution in [0.25, 0.3) is 33.0 Å². The van der Waals surface area contributed by atoms with Gasteiger partial charge in [-0.15, -0.1) is 10.0 Å². The summed E-state index contributed by atoms with van der Waals surface area (Å²) < 4.78 is 0. The molecule has 0 saturated carbocycles. The first-order valence-corrected chi connectivity index (χ1v) is 15.0. The van der Waals surface area contributed by atoms with Crippen molar-refractivity contribution in [1.29, 1.82) is 0 Å². The second-order valence-electron chi connectivity index (χ2n) is 10.9. The Morgan fingerprint density at radius 2 is 1.03 bits per heavy atom. The normalized spacial score (nSPS) is 16.4. The highest BCUT2D eigenvalue weighted by Gasteiger charge is 2.46. The van der Waals surface area contributed by atoms with Gasteiger partial charge in [0, 0.05) is 30.4 Å². The lowest BCUT2D eigenvalue weighted by molar-refractivity contribution is 0.665. The van der Waals surface area contributed by atoms with Crippen molar-refractivity contribution in [2.45, 2.75) is 38.8 Å². The molecule has 0 unspecified atom stereocenters. The van der Waals surface area contributed by atoms with Crippen LogP contribution in [0.1, 0.15) is 25.0 Å². The average molecular weight is 505 g/mol. The molecule has 8 rings (SSSR count). The van der Waals surface area contributed by atoms with Crippen molar-refractivity contribution in [3.8, 4) is 22.3 Å². The predicted octanol–water partition coefficient (Wildman–Crippen LogP) is 10.5. The number of hydrogen-bond donors (Lipinski definition) is 0. The smallest absolute Gasteiger partial charge is 0.0184 e. The minimum Gasteiger partial charge on any atom is -0.131 e. The zero-order valence-electron chi connectivity index (χ0n) is 21.6. The third kappa shape index (κ3) is 2.62. The topological polar surface area (TPSA) is 0 Å². The van der Waals surface area contributed by atoms with E-state index in [9.17, 15) is 0 Å². The molecule has 0 saturated heterocycles. The molecule has 6 aromatic rings. The fraction of sp³-hybridized carbons (Fsp3) is 0.0811. The maximum absolute atomic E-state index is 2.42. The van der Waals surface area contributed by atoms with Gasteiger partial charge in [-0.2, -0.15) is 0 Å². The molecule has 0 amide bonds. The summed E-state index contributed by atoms with van der Waals surface area (Å²) >= 11 is 0. The van der Waals surface area contributed by atoms with E-state index in [1.54, 1.807) is 0 Å². The van der Waals surface area contributed by atoms with Gasteiger partial charge in [0.1, 0.15) is 0 Å². The van der Waals surface area contributed by atoms with Gasteiger partial charge in [0.15, 0.2) is 0 Å². The molecule has 0 aromatic heterocycles. The van der Waals surface area contributed by atoms with Crippen molar-refractivity contribution in [2.24, 2.45) is 0 Å². The minimum atomic E-state index is -1.72. The molecule has 6 aromatic carbocycles. The van der Waals surface area contributed by atoms with Gasteiger partial charge in [0.05, 0.1) is 0 Å². The number of rotatable bonds is 2. The first kappa shape index (κ1) is 22.0. The predicted molar refractivity (Wildman–Crippen MR) is 160 cm³/mol. The molecule has 0 radical (unpaired) electrons. The molecule has 1 aliphatic carbocycles. The summed E-state index contributed by atoms with van der Waals surface area (Å²) in [4.78, 5) is 5.75. The Morgan fingerprint density at radius 1 is 0.474 bits per heavy atom. The maximum atomic E-state index is 2.42. The van der Waals surface area contributed by atoms with Gasteiger partial charge >= 0.3 is 0 Å². The fourth-order valence-electron chi connectivity index (χ4n) is 7.13. The lowest BCUT2D eigenvalue weighted by Crippen LogP contribution is -2.16. The zero-order chi connectivity index (χ0) is 25.5. The highest BCUT2D eigenvalue weighted by molar-refractivity contribution is 8.34. The molecular weight excluding hydrogens is 476 g/mol. The molecule has 2 aliphatic rings. The van der Waals surface area contributed by atoms with Gasteiger partial charge in [-0.05, 0) is 69.1 Å². The summed E-state index contributed by atoms with van der Waals surface area (Å²) in [5.41, 5.74) is 8.34. The third-order valence-corrected chi connectivity index (χ3v) is 12.7. The molecule has 182 valence electrons. The lowest BCUT2D eigenvalue weighted by Gasteiger charge is -2.40. The second-order valence-corrected chi connectivity index (χ2v) is 13.9. The summed E-state index contributed by atoms with van der Waals surface area (Å²) in [6.45, 7) is 4.83. The largest absolute Gasteiger partial charge is 0.131 e. The van der Waals surface area contributed by atoms with E-state index in [4.69, 9.17) is 0 Å². The monoisotopic (exact) mass is 504 g/mol. The van der Waals surface area contributed by atoms with Crippen molar-refractivity contribution in [1.82, 2.24) is 0 Å². The Labute approximate surface area is 225 Å². The second kappa shape index (κ2) is 7.72. The minimum absolute atomic E-state index is 0.0894. The van der Waals surface area contributed by atoms with Gasteiger partial charge in [0.2, 0.25) is 0 Å². The molecular formula is C37H28S. The molecule has 0 bridgehead atoms. The van der Waals surface area contributed by atoms with Crippen molar-refractivity contribution < 1.29 is 0 Å². The third-order valence-electron chi connectivity index (χ3n) is 8.66. The number of benzene rings is 6. The van der Waals surface area contributed by atoms with E-state index in [2.05, 4.69) is 147 Å². The van der Waals surface area contributed by atoms with Crippen LogP contribution in [0.3, 0.4) is 0 Å². The molecule has 0 nitrogen and oxygen atoms in total. The molecule has 0 fully saturated rings. The first-order valence-electron chi connectivity index (χ1n) is 13.4. The average Bonchev–Trinajstić information content (AvgIpc) is 3.41. The molecule has 0 spiro atoms. The standard InChI is InChI=1S/C37H28S/c1-37(2)32-19-11-9-17-28(32)30-23-21-25-22-24-31-29-18-10-12-20-33(29)38(26-13-5-3-6-14-26,27-15-7-4-8-16-27)36(31)34(25)35(30)37/h3-24H,1-2H3. The molecule has 0 N–H and O–H groups in total. The van der Waals surface area contributed by atoms with Crippen LogP contribution >= 0.6 is 10.0 Å². The summed E-state index contributed by atoms with van der Waals surface area (Å²) in [6, 6.07) is 50.2. The van der Waals surface area contributed by atoms with Crippen LogP contribution < -0.4 is 0 Å². The first-order chi connectivity index (χ1) is 18.6. The van der Waals surface area contributed by atoms with E-state index < -0.39 is 10.0 Å². The molecule has 1 heterocycles. The van der Waals surface area contributed by atoms with Crippen LogP contribution in [-0.4, -0.2) is 0 Å². The Bertz CT molecular complexity index is 1840. The molecule has 38 heavy (non-hydrogen) atoms. The van der Waals surface area contributed by atoms with Gasteiger partial charge in [0.25, 0.3) is 0 Å². The molecule has 1 heteroatoms. The van der Waals surface area contributed by atoms with E-state index in [-0.39, 0.29) is 5.41 Å². The van der Waals surface area contributed by atoms with Gasteiger partial charge in [-0.3, -0.25) is 0 Å². The van der Waals surface area contributed by atoms with E-state index in [1.165, 1.54) is 63.7 Å². The SMILES string of the molecule is CC1(C)c2ccccc2-c2ccc3ccc4c(c3c21)S(c1ccccc1)(c1ccccc1)c1ccccc1-4. The molecule has 1 aliphatic heterocycles. The lowest BCUT2D eigenvalue weighted by atomic mass is 9.80. The summed E-state index contributed by atoms with van der Waals surface area (Å²) in [6.07, 6.45) is 0.